The summed E-state index contributed by atoms with van der Waals surface area (Å²) < 4.78 is 0. The van der Waals surface area contributed by atoms with E-state index in [1.54, 1.807) is 12.4 Å². The zero-order valence-corrected chi connectivity index (χ0v) is 10.0. The van der Waals surface area contributed by atoms with Crippen LogP contribution in [0.3, 0.4) is 0 Å². The average Bonchev–Trinajstić information content (AvgIpc) is 2.79. The van der Waals surface area contributed by atoms with E-state index in [9.17, 15) is 5.11 Å². The Morgan fingerprint density at radius 1 is 1.59 bits per heavy atom. The molecule has 1 saturated heterocycles. The maximum atomic E-state index is 9.53. The van der Waals surface area contributed by atoms with Crippen molar-refractivity contribution in [1.82, 2.24) is 14.9 Å². The van der Waals surface area contributed by atoms with Crippen molar-refractivity contribution in [3.05, 3.63) is 18.1 Å². The van der Waals surface area contributed by atoms with Gasteiger partial charge in [0, 0.05) is 13.1 Å². The summed E-state index contributed by atoms with van der Waals surface area (Å²) in [4.78, 5) is 10.7. The van der Waals surface area contributed by atoms with Gasteiger partial charge in [0.1, 0.15) is 0 Å². The van der Waals surface area contributed by atoms with Gasteiger partial charge in [0.2, 0.25) is 0 Å². The molecule has 1 aliphatic heterocycles. The zero-order valence-electron chi connectivity index (χ0n) is 10.0. The van der Waals surface area contributed by atoms with Crippen LogP contribution < -0.4 is 11.3 Å². The lowest BCUT2D eigenvalue weighted by molar-refractivity contribution is 0.127. The van der Waals surface area contributed by atoms with E-state index in [0.717, 1.165) is 31.7 Å². The number of aliphatic hydroxyl groups is 1. The molecular formula is C11H19N5O. The fraction of sp³-hybridized carbons (Fsp3) is 0.636. The van der Waals surface area contributed by atoms with Crippen molar-refractivity contribution in [2.24, 2.45) is 11.8 Å². The van der Waals surface area contributed by atoms with Gasteiger partial charge in [0.05, 0.1) is 24.2 Å². The summed E-state index contributed by atoms with van der Waals surface area (Å²) in [6, 6.07) is 0. The van der Waals surface area contributed by atoms with Gasteiger partial charge in [0.25, 0.3) is 0 Å². The molecule has 0 aromatic carbocycles. The first-order valence-electron chi connectivity index (χ1n) is 5.87. The molecule has 6 heteroatoms. The molecule has 2 unspecified atom stereocenters. The Kier molecular flexibility index (Phi) is 3.88. The summed E-state index contributed by atoms with van der Waals surface area (Å²) in [7, 11) is 0. The quantitative estimate of drug-likeness (QED) is 0.503. The summed E-state index contributed by atoms with van der Waals surface area (Å²) in [5.41, 5.74) is 3.38. The van der Waals surface area contributed by atoms with Gasteiger partial charge in [-0.15, -0.1) is 0 Å². The first-order valence-corrected chi connectivity index (χ1v) is 5.87. The van der Waals surface area contributed by atoms with Crippen LogP contribution in [0.5, 0.6) is 0 Å². The molecule has 4 N–H and O–H groups in total. The highest BCUT2D eigenvalue weighted by atomic mass is 16.3. The Morgan fingerprint density at radius 3 is 2.94 bits per heavy atom. The number of hydrazine groups is 1. The molecule has 0 saturated carbocycles. The first kappa shape index (κ1) is 12.2. The summed E-state index contributed by atoms with van der Waals surface area (Å²) in [6.07, 6.45) is 4.17. The third-order valence-corrected chi connectivity index (χ3v) is 3.23. The molecule has 1 aromatic rings. The number of anilines is 1. The minimum Gasteiger partial charge on any atom is -0.393 e. The topological polar surface area (TPSA) is 87.3 Å². The van der Waals surface area contributed by atoms with Crippen LogP contribution in [-0.4, -0.2) is 39.2 Å². The Morgan fingerprint density at radius 2 is 2.41 bits per heavy atom. The van der Waals surface area contributed by atoms with Gasteiger partial charge in [-0.2, -0.15) is 0 Å². The maximum absolute atomic E-state index is 9.53. The first-order chi connectivity index (χ1) is 8.19. The number of rotatable bonds is 4. The van der Waals surface area contributed by atoms with Crippen LogP contribution >= 0.6 is 0 Å². The smallest absolute Gasteiger partial charge is 0.158 e. The van der Waals surface area contributed by atoms with Crippen LogP contribution in [0.15, 0.2) is 12.4 Å². The fourth-order valence-electron chi connectivity index (χ4n) is 2.14. The van der Waals surface area contributed by atoms with Gasteiger partial charge >= 0.3 is 0 Å². The van der Waals surface area contributed by atoms with Crippen molar-refractivity contribution >= 4 is 5.82 Å². The SMILES string of the molecule is CC(O)C1CCN(Cc2cnc(NN)cn2)C1. The standard InChI is InChI=1S/C11H19N5O/c1-8(17)9-2-3-16(6-9)7-10-4-14-11(15-12)5-13-10/h4-5,8-9,17H,2-3,6-7,12H2,1H3,(H,14,15). The second-order valence-corrected chi connectivity index (χ2v) is 4.56. The van der Waals surface area contributed by atoms with Crippen molar-refractivity contribution in [2.45, 2.75) is 26.0 Å². The molecule has 0 bridgehead atoms. The predicted molar refractivity (Wildman–Crippen MR) is 64.9 cm³/mol. The van der Waals surface area contributed by atoms with Crippen LogP contribution in [0.4, 0.5) is 5.82 Å². The van der Waals surface area contributed by atoms with Gasteiger partial charge in [-0.3, -0.25) is 9.88 Å². The van der Waals surface area contributed by atoms with E-state index < -0.39 is 0 Å². The molecule has 2 heterocycles. The summed E-state index contributed by atoms with van der Waals surface area (Å²) in [5, 5.41) is 9.53. The molecule has 2 atom stereocenters. The molecule has 17 heavy (non-hydrogen) atoms. The van der Waals surface area contributed by atoms with Crippen LogP contribution in [0.25, 0.3) is 0 Å². The second-order valence-electron chi connectivity index (χ2n) is 4.56. The molecule has 0 amide bonds. The number of hydrogen-bond donors (Lipinski definition) is 3. The maximum Gasteiger partial charge on any atom is 0.158 e. The summed E-state index contributed by atoms with van der Waals surface area (Å²) >= 11 is 0. The highest BCUT2D eigenvalue weighted by Gasteiger charge is 2.25. The van der Waals surface area contributed by atoms with Gasteiger partial charge in [0.15, 0.2) is 5.82 Å². The van der Waals surface area contributed by atoms with E-state index in [1.165, 1.54) is 0 Å². The molecule has 1 aliphatic rings. The van der Waals surface area contributed by atoms with Crippen LogP contribution in [0.2, 0.25) is 0 Å². The minimum atomic E-state index is -0.227. The van der Waals surface area contributed by atoms with E-state index in [-0.39, 0.29) is 6.10 Å². The molecule has 0 radical (unpaired) electrons. The monoisotopic (exact) mass is 237 g/mol. The number of nitrogens with zero attached hydrogens (tertiary/aromatic N) is 3. The molecule has 6 nitrogen and oxygen atoms in total. The summed E-state index contributed by atoms with van der Waals surface area (Å²) in [5.74, 6) is 6.17. The third kappa shape index (κ3) is 3.12. The van der Waals surface area contributed by atoms with Gasteiger partial charge in [-0.25, -0.2) is 10.8 Å². The van der Waals surface area contributed by atoms with Gasteiger partial charge in [-0.05, 0) is 25.8 Å². The molecule has 1 aromatic heterocycles. The van der Waals surface area contributed by atoms with Crippen LogP contribution in [-0.2, 0) is 6.54 Å². The van der Waals surface area contributed by atoms with E-state index in [1.807, 2.05) is 6.92 Å². The van der Waals surface area contributed by atoms with Gasteiger partial charge in [-0.1, -0.05) is 0 Å². The lowest BCUT2D eigenvalue weighted by Crippen LogP contribution is -2.24. The molecule has 1 fully saturated rings. The van der Waals surface area contributed by atoms with E-state index >= 15 is 0 Å². The molecule has 2 rings (SSSR count). The number of likely N-dealkylation sites (tertiary alicyclic amines) is 1. The minimum absolute atomic E-state index is 0.227. The Balaban J connectivity index is 1.89. The Bertz CT molecular complexity index is 353. The molecule has 94 valence electrons. The number of nitrogens with two attached hydrogens (primary N) is 1. The fourth-order valence-corrected chi connectivity index (χ4v) is 2.14. The van der Waals surface area contributed by atoms with E-state index in [0.29, 0.717) is 11.7 Å². The van der Waals surface area contributed by atoms with Crippen molar-refractivity contribution in [3.8, 4) is 0 Å². The van der Waals surface area contributed by atoms with Crippen LogP contribution in [0, 0.1) is 5.92 Å². The molecule has 0 aliphatic carbocycles. The highest BCUT2D eigenvalue weighted by molar-refractivity contribution is 5.28. The normalized spacial score (nSPS) is 22.6. The predicted octanol–water partition coefficient (Wildman–Crippen LogP) is -0.0351. The Hall–Kier alpha value is -1.24. The number of nitrogen functional groups attached to an aromatic ring is 1. The van der Waals surface area contributed by atoms with E-state index in [2.05, 4.69) is 20.3 Å². The lowest BCUT2D eigenvalue weighted by Gasteiger charge is -2.16. The van der Waals surface area contributed by atoms with Crippen molar-refractivity contribution in [3.63, 3.8) is 0 Å². The molecule has 0 spiro atoms. The van der Waals surface area contributed by atoms with E-state index in [4.69, 9.17) is 5.84 Å². The largest absolute Gasteiger partial charge is 0.393 e. The van der Waals surface area contributed by atoms with Crippen molar-refractivity contribution in [2.75, 3.05) is 18.5 Å². The molecular weight excluding hydrogens is 218 g/mol. The summed E-state index contributed by atoms with van der Waals surface area (Å²) in [6.45, 7) is 4.57. The second kappa shape index (κ2) is 5.39. The van der Waals surface area contributed by atoms with Crippen molar-refractivity contribution < 1.29 is 5.11 Å². The lowest BCUT2D eigenvalue weighted by atomic mass is 10.0. The highest BCUT2D eigenvalue weighted by Crippen LogP contribution is 2.20. The number of aromatic nitrogens is 2. The number of hydrogen-bond acceptors (Lipinski definition) is 6. The zero-order chi connectivity index (χ0) is 12.3. The number of nitrogens with one attached hydrogen (secondary N) is 1. The van der Waals surface area contributed by atoms with Crippen LogP contribution in [0.1, 0.15) is 19.0 Å². The van der Waals surface area contributed by atoms with Gasteiger partial charge < -0.3 is 10.5 Å². The Labute approximate surface area is 101 Å². The number of aliphatic hydroxyl groups excluding tert-OH is 1. The third-order valence-electron chi connectivity index (χ3n) is 3.23. The average molecular weight is 237 g/mol. The van der Waals surface area contributed by atoms with Crippen molar-refractivity contribution in [1.29, 1.82) is 0 Å².